The summed E-state index contributed by atoms with van der Waals surface area (Å²) in [5, 5.41) is 3.06. The monoisotopic (exact) mass is 449 g/mol. The quantitative estimate of drug-likeness (QED) is 0.638. The number of nitrogens with zero attached hydrogens (tertiary/aromatic N) is 4. The second-order valence-corrected chi connectivity index (χ2v) is 9.41. The van der Waals surface area contributed by atoms with E-state index in [1.54, 1.807) is 0 Å². The number of benzene rings is 2. The molecule has 2 aromatic rings. The second kappa shape index (κ2) is 12.2. The van der Waals surface area contributed by atoms with E-state index < -0.39 is 0 Å². The molecule has 2 aliphatic heterocycles. The summed E-state index contributed by atoms with van der Waals surface area (Å²) in [6, 6.07) is 19.0. The second-order valence-electron chi connectivity index (χ2n) is 9.41. The van der Waals surface area contributed by atoms with E-state index in [-0.39, 0.29) is 5.91 Å². The van der Waals surface area contributed by atoms with Crippen LogP contribution in [0.1, 0.15) is 18.4 Å². The number of piperazine rings is 2. The topological polar surface area (TPSA) is 42.1 Å². The minimum Gasteiger partial charge on any atom is -0.369 e. The van der Waals surface area contributed by atoms with Crippen LogP contribution in [0.2, 0.25) is 0 Å². The number of likely N-dealkylation sites (N-methyl/N-ethyl adjacent to an activating group) is 1. The fourth-order valence-electron chi connectivity index (χ4n) is 4.67. The third-order valence-electron chi connectivity index (χ3n) is 6.92. The van der Waals surface area contributed by atoms with Gasteiger partial charge in [-0.1, -0.05) is 30.3 Å². The predicted octanol–water partition coefficient (Wildman–Crippen LogP) is 3.02. The Balaban J connectivity index is 1.10. The molecule has 0 spiro atoms. The minimum atomic E-state index is 0.114. The van der Waals surface area contributed by atoms with Crippen LogP contribution in [0.15, 0.2) is 54.6 Å². The highest BCUT2D eigenvalue weighted by atomic mass is 16.1. The van der Waals surface area contributed by atoms with E-state index in [1.807, 2.05) is 12.1 Å². The van der Waals surface area contributed by atoms with Gasteiger partial charge in [0.05, 0.1) is 0 Å². The molecule has 0 aliphatic carbocycles. The zero-order chi connectivity index (χ0) is 22.9. The first-order chi connectivity index (χ1) is 16.2. The van der Waals surface area contributed by atoms with Gasteiger partial charge in [0.1, 0.15) is 0 Å². The lowest BCUT2D eigenvalue weighted by Gasteiger charge is -2.36. The fraction of sp³-hybridized carbons (Fsp3) is 0.519. The van der Waals surface area contributed by atoms with Crippen molar-refractivity contribution in [1.29, 1.82) is 0 Å². The highest BCUT2D eigenvalue weighted by Gasteiger charge is 2.17. The first-order valence-corrected chi connectivity index (χ1v) is 12.5. The van der Waals surface area contributed by atoms with Crippen molar-refractivity contribution in [3.8, 4) is 0 Å². The summed E-state index contributed by atoms with van der Waals surface area (Å²) < 4.78 is 0. The summed E-state index contributed by atoms with van der Waals surface area (Å²) in [6.45, 7) is 11.0. The van der Waals surface area contributed by atoms with E-state index in [4.69, 9.17) is 0 Å². The van der Waals surface area contributed by atoms with Gasteiger partial charge in [0.25, 0.3) is 0 Å². The molecule has 1 amide bonds. The maximum absolute atomic E-state index is 12.4. The molecule has 2 saturated heterocycles. The van der Waals surface area contributed by atoms with Crippen molar-refractivity contribution in [2.75, 3.05) is 82.7 Å². The summed E-state index contributed by atoms with van der Waals surface area (Å²) >= 11 is 0. The van der Waals surface area contributed by atoms with Crippen LogP contribution in [0.3, 0.4) is 0 Å². The smallest absolute Gasteiger partial charge is 0.224 e. The van der Waals surface area contributed by atoms with Crippen molar-refractivity contribution >= 4 is 17.3 Å². The molecule has 6 heteroatoms. The van der Waals surface area contributed by atoms with Crippen molar-refractivity contribution in [2.45, 2.75) is 19.3 Å². The number of carbonyl (C=O) groups excluding carboxylic acids is 1. The highest BCUT2D eigenvalue weighted by molar-refractivity contribution is 5.90. The van der Waals surface area contributed by atoms with Gasteiger partial charge in [0, 0.05) is 76.7 Å². The lowest BCUT2D eigenvalue weighted by atomic mass is 10.1. The number of para-hydroxylation sites is 1. The van der Waals surface area contributed by atoms with Gasteiger partial charge < -0.3 is 20.0 Å². The minimum absolute atomic E-state index is 0.114. The number of carbonyl (C=O) groups is 1. The van der Waals surface area contributed by atoms with Gasteiger partial charge in [-0.15, -0.1) is 0 Å². The van der Waals surface area contributed by atoms with Gasteiger partial charge in [-0.2, -0.15) is 0 Å². The average Bonchev–Trinajstić information content (AvgIpc) is 2.85. The molecule has 0 aromatic heterocycles. The van der Waals surface area contributed by atoms with Crippen molar-refractivity contribution in [1.82, 2.24) is 14.7 Å². The van der Waals surface area contributed by atoms with Crippen LogP contribution in [0.4, 0.5) is 11.4 Å². The normalized spacial score (nSPS) is 18.4. The molecule has 0 radical (unpaired) electrons. The molecule has 0 unspecified atom stereocenters. The largest absolute Gasteiger partial charge is 0.369 e. The van der Waals surface area contributed by atoms with Crippen LogP contribution >= 0.6 is 0 Å². The molecule has 2 aromatic carbocycles. The van der Waals surface area contributed by atoms with Crippen molar-refractivity contribution in [2.24, 2.45) is 0 Å². The zero-order valence-electron chi connectivity index (χ0n) is 20.1. The maximum atomic E-state index is 12.4. The van der Waals surface area contributed by atoms with Gasteiger partial charge in [-0.3, -0.25) is 9.69 Å². The molecular formula is C27H39N5O. The molecule has 6 nitrogen and oxygen atoms in total. The highest BCUT2D eigenvalue weighted by Crippen LogP contribution is 2.16. The summed E-state index contributed by atoms with van der Waals surface area (Å²) in [4.78, 5) is 22.2. The van der Waals surface area contributed by atoms with E-state index in [0.29, 0.717) is 6.42 Å². The van der Waals surface area contributed by atoms with E-state index in [1.165, 1.54) is 11.3 Å². The van der Waals surface area contributed by atoms with Crippen molar-refractivity contribution < 1.29 is 4.79 Å². The van der Waals surface area contributed by atoms with Gasteiger partial charge in [-0.25, -0.2) is 0 Å². The van der Waals surface area contributed by atoms with Crippen molar-refractivity contribution in [3.63, 3.8) is 0 Å². The SMILES string of the molecule is CN1CCN(CCc2ccc(NC(=O)CCCN3CCN(c4ccccc4)CC3)cc2)CC1. The molecule has 2 heterocycles. The Hall–Kier alpha value is -2.41. The molecule has 0 atom stereocenters. The Morgan fingerprint density at radius 2 is 1.42 bits per heavy atom. The molecule has 33 heavy (non-hydrogen) atoms. The Kier molecular flexibility index (Phi) is 8.75. The molecule has 0 saturated carbocycles. The van der Waals surface area contributed by atoms with E-state index in [2.05, 4.69) is 74.4 Å². The first kappa shape index (κ1) is 23.7. The molecule has 2 aliphatic rings. The van der Waals surface area contributed by atoms with Gasteiger partial charge in [0.15, 0.2) is 0 Å². The third-order valence-corrected chi connectivity index (χ3v) is 6.92. The number of amides is 1. The van der Waals surface area contributed by atoms with Crippen LogP contribution in [-0.4, -0.2) is 93.1 Å². The third kappa shape index (κ3) is 7.56. The number of anilines is 2. The first-order valence-electron chi connectivity index (χ1n) is 12.5. The maximum Gasteiger partial charge on any atom is 0.224 e. The molecular weight excluding hydrogens is 410 g/mol. The van der Waals surface area contributed by atoms with Crippen LogP contribution < -0.4 is 10.2 Å². The van der Waals surface area contributed by atoms with Crippen LogP contribution in [0.25, 0.3) is 0 Å². The van der Waals surface area contributed by atoms with Gasteiger partial charge >= 0.3 is 0 Å². The Labute approximate surface area is 199 Å². The van der Waals surface area contributed by atoms with E-state index >= 15 is 0 Å². The van der Waals surface area contributed by atoms with Crippen LogP contribution in [-0.2, 0) is 11.2 Å². The molecule has 0 bridgehead atoms. The Morgan fingerprint density at radius 3 is 2.12 bits per heavy atom. The summed E-state index contributed by atoms with van der Waals surface area (Å²) in [6.07, 6.45) is 2.54. The molecule has 2 fully saturated rings. The van der Waals surface area contributed by atoms with Crippen molar-refractivity contribution in [3.05, 3.63) is 60.2 Å². The molecule has 1 N–H and O–H groups in total. The number of hydrogen-bond donors (Lipinski definition) is 1. The summed E-state index contributed by atoms with van der Waals surface area (Å²) in [5.74, 6) is 0.114. The Bertz CT molecular complexity index is 841. The average molecular weight is 450 g/mol. The number of nitrogens with one attached hydrogen (secondary N) is 1. The van der Waals surface area contributed by atoms with E-state index in [0.717, 1.165) is 84.0 Å². The number of rotatable bonds is 9. The van der Waals surface area contributed by atoms with Gasteiger partial charge in [-0.05, 0) is 56.3 Å². The number of hydrogen-bond acceptors (Lipinski definition) is 5. The lowest BCUT2D eigenvalue weighted by Crippen LogP contribution is -2.46. The van der Waals surface area contributed by atoms with E-state index in [9.17, 15) is 4.79 Å². The Morgan fingerprint density at radius 1 is 0.788 bits per heavy atom. The van der Waals surface area contributed by atoms with Crippen LogP contribution in [0, 0.1) is 0 Å². The molecule has 178 valence electrons. The van der Waals surface area contributed by atoms with Crippen LogP contribution in [0.5, 0.6) is 0 Å². The zero-order valence-corrected chi connectivity index (χ0v) is 20.1. The molecule has 4 rings (SSSR count). The predicted molar refractivity (Wildman–Crippen MR) is 137 cm³/mol. The lowest BCUT2D eigenvalue weighted by molar-refractivity contribution is -0.116. The standard InChI is InChI=1S/C27H39N5O/c1-29-16-18-31(19-17-29)15-13-24-9-11-25(12-10-24)28-27(33)8-5-14-30-20-22-32(23-21-30)26-6-3-2-4-7-26/h2-4,6-7,9-12H,5,8,13-23H2,1H3,(H,28,33). The van der Waals surface area contributed by atoms with Gasteiger partial charge in [0.2, 0.25) is 5.91 Å². The fourth-order valence-corrected chi connectivity index (χ4v) is 4.67. The summed E-state index contributed by atoms with van der Waals surface area (Å²) in [7, 11) is 2.19. The summed E-state index contributed by atoms with van der Waals surface area (Å²) in [5.41, 5.74) is 3.54.